The van der Waals surface area contributed by atoms with Gasteiger partial charge in [-0.3, -0.25) is 4.79 Å². The van der Waals surface area contributed by atoms with E-state index in [1.165, 1.54) is 32.1 Å². The summed E-state index contributed by atoms with van der Waals surface area (Å²) in [6, 6.07) is 0. The molecule has 1 unspecified atom stereocenters. The van der Waals surface area contributed by atoms with Gasteiger partial charge in [0.1, 0.15) is 0 Å². The molecule has 0 aromatic carbocycles. The van der Waals surface area contributed by atoms with Gasteiger partial charge in [-0.05, 0) is 18.8 Å². The number of carbonyl (C=O) groups excluding carboxylic acids is 1. The van der Waals surface area contributed by atoms with E-state index < -0.39 is 10.0 Å². The van der Waals surface area contributed by atoms with Crippen LogP contribution in [0.15, 0.2) is 0 Å². The van der Waals surface area contributed by atoms with Gasteiger partial charge in [-0.2, -0.15) is 0 Å². The van der Waals surface area contributed by atoms with Crippen LogP contribution in [0.5, 0.6) is 0 Å². The molecule has 1 aliphatic heterocycles. The van der Waals surface area contributed by atoms with Crippen LogP contribution in [0.1, 0.15) is 38.5 Å². The predicted molar refractivity (Wildman–Crippen MR) is 69.2 cm³/mol. The minimum absolute atomic E-state index is 0.0695. The standard InChI is InChI=1S/C12H22N2O3S/c13-18(16,17)9-11-6-12(15)14(8-11)7-10-4-2-1-3-5-10/h10-11H,1-9H2,(H2,13,16,17). The molecule has 1 amide bonds. The number of amides is 1. The van der Waals surface area contributed by atoms with Crippen LogP contribution in [0.2, 0.25) is 0 Å². The van der Waals surface area contributed by atoms with E-state index in [0.29, 0.717) is 18.9 Å². The van der Waals surface area contributed by atoms with Gasteiger partial charge in [-0.15, -0.1) is 0 Å². The number of sulfonamides is 1. The van der Waals surface area contributed by atoms with Crippen molar-refractivity contribution in [3.05, 3.63) is 0 Å². The van der Waals surface area contributed by atoms with Gasteiger partial charge in [0.15, 0.2) is 0 Å². The Bertz CT molecular complexity index is 402. The second-order valence-electron chi connectivity index (χ2n) is 5.70. The largest absolute Gasteiger partial charge is 0.342 e. The Morgan fingerprint density at radius 3 is 2.44 bits per heavy atom. The number of rotatable bonds is 4. The van der Waals surface area contributed by atoms with Crippen molar-refractivity contribution in [3.63, 3.8) is 0 Å². The summed E-state index contributed by atoms with van der Waals surface area (Å²) in [6.45, 7) is 1.37. The van der Waals surface area contributed by atoms with Crippen LogP contribution in [0.4, 0.5) is 0 Å². The highest BCUT2D eigenvalue weighted by atomic mass is 32.2. The predicted octanol–water partition coefficient (Wildman–Crippen LogP) is 0.704. The van der Waals surface area contributed by atoms with Gasteiger partial charge in [-0.1, -0.05) is 19.3 Å². The lowest BCUT2D eigenvalue weighted by atomic mass is 9.89. The minimum atomic E-state index is -3.47. The van der Waals surface area contributed by atoms with Crippen molar-refractivity contribution in [2.75, 3.05) is 18.8 Å². The van der Waals surface area contributed by atoms with Crippen molar-refractivity contribution in [2.45, 2.75) is 38.5 Å². The fourth-order valence-electron chi connectivity index (χ4n) is 3.15. The number of carbonyl (C=O) groups is 1. The fourth-order valence-corrected chi connectivity index (χ4v) is 4.03. The molecule has 2 rings (SSSR count). The van der Waals surface area contributed by atoms with Crippen LogP contribution in [-0.2, 0) is 14.8 Å². The summed E-state index contributed by atoms with van der Waals surface area (Å²) in [5, 5.41) is 5.03. The normalized spacial score (nSPS) is 26.8. The van der Waals surface area contributed by atoms with E-state index in [2.05, 4.69) is 0 Å². The van der Waals surface area contributed by atoms with Crippen molar-refractivity contribution in [1.29, 1.82) is 0 Å². The molecular formula is C12H22N2O3S. The summed E-state index contributed by atoms with van der Waals surface area (Å²) in [5.41, 5.74) is 0. The monoisotopic (exact) mass is 274 g/mol. The maximum absolute atomic E-state index is 11.8. The molecule has 1 saturated heterocycles. The highest BCUT2D eigenvalue weighted by Gasteiger charge is 2.33. The van der Waals surface area contributed by atoms with E-state index in [1.807, 2.05) is 4.90 Å². The zero-order valence-electron chi connectivity index (χ0n) is 10.7. The number of nitrogens with two attached hydrogens (primary N) is 1. The van der Waals surface area contributed by atoms with Crippen molar-refractivity contribution >= 4 is 15.9 Å². The van der Waals surface area contributed by atoms with Gasteiger partial charge in [-0.25, -0.2) is 13.6 Å². The van der Waals surface area contributed by atoms with Crippen LogP contribution in [0.3, 0.4) is 0 Å². The number of hydrogen-bond donors (Lipinski definition) is 1. The van der Waals surface area contributed by atoms with Gasteiger partial charge in [0.05, 0.1) is 5.75 Å². The minimum Gasteiger partial charge on any atom is -0.342 e. The molecule has 2 N–H and O–H groups in total. The molecule has 0 bridgehead atoms. The second-order valence-corrected chi connectivity index (χ2v) is 7.36. The number of likely N-dealkylation sites (tertiary alicyclic amines) is 1. The maximum atomic E-state index is 11.8. The summed E-state index contributed by atoms with van der Waals surface area (Å²) in [5.74, 6) is 0.515. The molecule has 0 radical (unpaired) electrons. The van der Waals surface area contributed by atoms with E-state index in [-0.39, 0.29) is 17.6 Å². The molecule has 1 atom stereocenters. The Balaban J connectivity index is 1.85. The molecule has 1 saturated carbocycles. The molecule has 2 aliphatic rings. The Kier molecular flexibility index (Phi) is 4.27. The van der Waals surface area contributed by atoms with E-state index in [1.54, 1.807) is 0 Å². The first-order valence-electron chi connectivity index (χ1n) is 6.72. The zero-order chi connectivity index (χ0) is 13.2. The first kappa shape index (κ1) is 13.8. The Morgan fingerprint density at radius 1 is 1.17 bits per heavy atom. The number of primary sulfonamides is 1. The van der Waals surface area contributed by atoms with Crippen molar-refractivity contribution in [3.8, 4) is 0 Å². The van der Waals surface area contributed by atoms with Gasteiger partial charge < -0.3 is 4.90 Å². The molecule has 1 aliphatic carbocycles. The Morgan fingerprint density at radius 2 is 1.83 bits per heavy atom. The van der Waals surface area contributed by atoms with Crippen molar-refractivity contribution < 1.29 is 13.2 Å². The molecule has 18 heavy (non-hydrogen) atoms. The van der Waals surface area contributed by atoms with Crippen molar-refractivity contribution in [1.82, 2.24) is 4.90 Å². The van der Waals surface area contributed by atoms with Gasteiger partial charge in [0, 0.05) is 25.4 Å². The van der Waals surface area contributed by atoms with E-state index >= 15 is 0 Å². The molecule has 5 nitrogen and oxygen atoms in total. The number of nitrogens with zero attached hydrogens (tertiary/aromatic N) is 1. The molecular weight excluding hydrogens is 252 g/mol. The number of hydrogen-bond acceptors (Lipinski definition) is 3. The summed E-state index contributed by atoms with van der Waals surface area (Å²) < 4.78 is 22.1. The lowest BCUT2D eigenvalue weighted by Gasteiger charge is -2.27. The van der Waals surface area contributed by atoms with Crippen molar-refractivity contribution in [2.24, 2.45) is 17.0 Å². The van der Waals surface area contributed by atoms with E-state index in [9.17, 15) is 13.2 Å². The average molecular weight is 274 g/mol. The maximum Gasteiger partial charge on any atom is 0.222 e. The third-order valence-corrected chi connectivity index (χ3v) is 4.90. The molecule has 6 heteroatoms. The molecule has 0 aromatic rings. The molecule has 1 heterocycles. The van der Waals surface area contributed by atoms with E-state index in [4.69, 9.17) is 5.14 Å². The van der Waals surface area contributed by atoms with Crippen LogP contribution >= 0.6 is 0 Å². The lowest BCUT2D eigenvalue weighted by molar-refractivity contribution is -0.128. The van der Waals surface area contributed by atoms with Crippen LogP contribution in [0, 0.1) is 11.8 Å². The quantitative estimate of drug-likeness (QED) is 0.819. The topological polar surface area (TPSA) is 80.5 Å². The Labute approximate surface area is 109 Å². The summed E-state index contributed by atoms with van der Waals surface area (Å²) in [7, 11) is -3.47. The Hall–Kier alpha value is -0.620. The first-order chi connectivity index (χ1) is 8.44. The van der Waals surface area contributed by atoms with Crippen LogP contribution < -0.4 is 5.14 Å². The summed E-state index contributed by atoms with van der Waals surface area (Å²) in [4.78, 5) is 13.7. The third-order valence-electron chi connectivity index (χ3n) is 3.97. The molecule has 104 valence electrons. The van der Waals surface area contributed by atoms with Crippen LogP contribution in [0.25, 0.3) is 0 Å². The summed E-state index contributed by atoms with van der Waals surface area (Å²) >= 11 is 0. The zero-order valence-corrected chi connectivity index (χ0v) is 11.5. The smallest absolute Gasteiger partial charge is 0.222 e. The highest BCUT2D eigenvalue weighted by Crippen LogP contribution is 2.27. The third kappa shape index (κ3) is 3.95. The molecule has 0 spiro atoms. The first-order valence-corrected chi connectivity index (χ1v) is 8.44. The van der Waals surface area contributed by atoms with E-state index in [0.717, 1.165) is 6.54 Å². The second kappa shape index (κ2) is 5.57. The average Bonchev–Trinajstić information content (AvgIpc) is 2.58. The fraction of sp³-hybridized carbons (Fsp3) is 0.917. The summed E-state index contributed by atoms with van der Waals surface area (Å²) in [6.07, 6.45) is 6.55. The lowest BCUT2D eigenvalue weighted by Crippen LogP contribution is -2.32. The highest BCUT2D eigenvalue weighted by molar-refractivity contribution is 7.89. The molecule has 0 aromatic heterocycles. The van der Waals surface area contributed by atoms with Gasteiger partial charge in [0.2, 0.25) is 15.9 Å². The molecule has 2 fully saturated rings. The van der Waals surface area contributed by atoms with Gasteiger partial charge >= 0.3 is 0 Å². The SMILES string of the molecule is NS(=O)(=O)CC1CC(=O)N(CC2CCCCC2)C1. The van der Waals surface area contributed by atoms with Crippen LogP contribution in [-0.4, -0.2) is 38.1 Å². The van der Waals surface area contributed by atoms with Gasteiger partial charge in [0.25, 0.3) is 0 Å².